The molecule has 0 rings (SSSR count). The number of hydrogen-bond acceptors (Lipinski definition) is 2. The normalized spacial score (nSPS) is 9.47. The summed E-state index contributed by atoms with van der Waals surface area (Å²) in [6.07, 6.45) is 8.62. The fourth-order valence-electron chi connectivity index (χ4n) is 1.28. The summed E-state index contributed by atoms with van der Waals surface area (Å²) in [6, 6.07) is 0. The van der Waals surface area contributed by atoms with Gasteiger partial charge in [-0.15, -0.1) is 0 Å². The Bertz CT molecular complexity index is 143. The molecule has 0 amide bonds. The second kappa shape index (κ2) is 14.5. The molecule has 0 heterocycles. The summed E-state index contributed by atoms with van der Waals surface area (Å²) in [6.45, 7) is 4.89. The van der Waals surface area contributed by atoms with Crippen LogP contribution in [0.3, 0.4) is 0 Å². The van der Waals surface area contributed by atoms with E-state index in [1.807, 2.05) is 0 Å². The Balaban J connectivity index is -0.000000845. The van der Waals surface area contributed by atoms with Crippen LogP contribution in [0.4, 0.5) is 0 Å². The van der Waals surface area contributed by atoms with Gasteiger partial charge in [-0.25, -0.2) is 0 Å². The largest absolute Gasteiger partial charge is 1.00 e. The second-order valence-corrected chi connectivity index (χ2v) is 3.74. The van der Waals surface area contributed by atoms with Gasteiger partial charge in [-0.3, -0.25) is 4.79 Å². The molecule has 0 fully saturated rings. The fraction of sp³-hybridized carbons (Fsp3) is 0.917. The van der Waals surface area contributed by atoms with E-state index < -0.39 is 0 Å². The predicted octanol–water partition coefficient (Wildman–Crippen LogP) is 0.807. The van der Waals surface area contributed by atoms with Crippen molar-refractivity contribution in [3.63, 3.8) is 0 Å². The van der Waals surface area contributed by atoms with Gasteiger partial charge in [-0.1, -0.05) is 46.0 Å². The van der Waals surface area contributed by atoms with E-state index in [2.05, 4.69) is 13.8 Å². The minimum Gasteiger partial charge on any atom is -1.00 e. The Morgan fingerprint density at radius 2 is 1.60 bits per heavy atom. The number of unbranched alkanes of at least 4 members (excludes halogenated alkanes) is 5. The Morgan fingerprint density at radius 3 is 2.20 bits per heavy atom. The van der Waals surface area contributed by atoms with Crippen LogP contribution in [0.15, 0.2) is 0 Å². The van der Waals surface area contributed by atoms with E-state index >= 15 is 0 Å². The number of rotatable bonds is 9. The van der Waals surface area contributed by atoms with Crippen molar-refractivity contribution in [2.45, 2.75) is 65.2 Å². The summed E-state index contributed by atoms with van der Waals surface area (Å²) in [5.41, 5.74) is 0. The molecule has 2 nitrogen and oxygen atoms in total. The van der Waals surface area contributed by atoms with E-state index in [9.17, 15) is 4.79 Å². The molecule has 0 aromatic carbocycles. The maximum absolute atomic E-state index is 11.1. The number of esters is 1. The summed E-state index contributed by atoms with van der Waals surface area (Å²) >= 11 is 0. The van der Waals surface area contributed by atoms with Gasteiger partial charge in [0.25, 0.3) is 0 Å². The van der Waals surface area contributed by atoms with Crippen molar-refractivity contribution in [1.82, 2.24) is 0 Å². The molecule has 0 aromatic rings. The van der Waals surface area contributed by atoms with Crippen molar-refractivity contribution >= 4 is 5.97 Å². The summed E-state index contributed by atoms with van der Waals surface area (Å²) in [4.78, 5) is 11.1. The molecule has 0 N–H and O–H groups in total. The molecule has 15 heavy (non-hydrogen) atoms. The molecule has 0 atom stereocenters. The standard InChI is InChI=1S/C12H24O2.Na.H/c1-3-5-7-8-9-10-12(13)14-11-6-4-2;;/h3-11H2,1-2H3;;/q;+1;-1. The SMILES string of the molecule is CCCCCCCC(=O)OCCCC.[H-].[Na+]. The predicted molar refractivity (Wildman–Crippen MR) is 60.4 cm³/mol. The van der Waals surface area contributed by atoms with Gasteiger partial charge in [0.2, 0.25) is 0 Å². The van der Waals surface area contributed by atoms with Crippen LogP contribution < -0.4 is 29.6 Å². The van der Waals surface area contributed by atoms with E-state index in [1.54, 1.807) is 0 Å². The van der Waals surface area contributed by atoms with Crippen molar-refractivity contribution in [2.24, 2.45) is 0 Å². The van der Waals surface area contributed by atoms with Gasteiger partial charge in [0, 0.05) is 6.42 Å². The van der Waals surface area contributed by atoms with Crippen LogP contribution in [0.1, 0.15) is 66.6 Å². The van der Waals surface area contributed by atoms with Gasteiger partial charge in [0.15, 0.2) is 0 Å². The Labute approximate surface area is 118 Å². The second-order valence-electron chi connectivity index (χ2n) is 3.74. The molecule has 0 spiro atoms. The third-order valence-corrected chi connectivity index (χ3v) is 2.25. The molecule has 0 aliphatic heterocycles. The zero-order chi connectivity index (χ0) is 10.6. The van der Waals surface area contributed by atoms with Crippen molar-refractivity contribution in [3.8, 4) is 0 Å². The van der Waals surface area contributed by atoms with E-state index in [4.69, 9.17) is 4.74 Å². The summed E-state index contributed by atoms with van der Waals surface area (Å²) in [5.74, 6) is -0.0186. The third-order valence-electron chi connectivity index (χ3n) is 2.25. The molecular weight excluding hydrogens is 199 g/mol. The van der Waals surface area contributed by atoms with E-state index in [1.165, 1.54) is 19.3 Å². The van der Waals surface area contributed by atoms with Crippen LogP contribution in [0, 0.1) is 0 Å². The van der Waals surface area contributed by atoms with Gasteiger partial charge >= 0.3 is 35.5 Å². The molecule has 0 bridgehead atoms. The average Bonchev–Trinajstić information content (AvgIpc) is 2.18. The van der Waals surface area contributed by atoms with Crippen LogP contribution >= 0.6 is 0 Å². The molecule has 3 heteroatoms. The van der Waals surface area contributed by atoms with Gasteiger partial charge in [-0.05, 0) is 12.8 Å². The maximum atomic E-state index is 11.1. The average molecular weight is 224 g/mol. The minimum absolute atomic E-state index is 0. The monoisotopic (exact) mass is 224 g/mol. The first-order chi connectivity index (χ1) is 6.81. The summed E-state index contributed by atoms with van der Waals surface area (Å²) in [7, 11) is 0. The fourth-order valence-corrected chi connectivity index (χ4v) is 1.28. The molecule has 0 aliphatic carbocycles. The maximum Gasteiger partial charge on any atom is 1.00 e. The van der Waals surface area contributed by atoms with Crippen LogP contribution in [-0.2, 0) is 9.53 Å². The van der Waals surface area contributed by atoms with Gasteiger partial charge < -0.3 is 6.16 Å². The smallest absolute Gasteiger partial charge is 1.00 e. The molecule has 0 radical (unpaired) electrons. The van der Waals surface area contributed by atoms with E-state index in [0.717, 1.165) is 25.7 Å². The molecule has 86 valence electrons. The van der Waals surface area contributed by atoms with Gasteiger partial charge in [-0.2, -0.15) is 0 Å². The number of hydrogen-bond donors (Lipinski definition) is 0. The first-order valence-electron chi connectivity index (χ1n) is 5.96. The number of carbonyl (C=O) groups excluding carboxylic acids is 1. The van der Waals surface area contributed by atoms with Crippen molar-refractivity contribution in [2.75, 3.05) is 6.61 Å². The van der Waals surface area contributed by atoms with Gasteiger partial charge in [0.05, 0.1) is 6.61 Å². The van der Waals surface area contributed by atoms with Crippen LogP contribution in [-0.4, -0.2) is 12.6 Å². The van der Waals surface area contributed by atoms with Crippen LogP contribution in [0.2, 0.25) is 0 Å². The molecule has 0 unspecified atom stereocenters. The zero-order valence-corrected chi connectivity index (χ0v) is 12.7. The van der Waals surface area contributed by atoms with Crippen molar-refractivity contribution in [1.29, 1.82) is 0 Å². The molecule has 0 saturated carbocycles. The first-order valence-corrected chi connectivity index (χ1v) is 5.96. The zero-order valence-electron chi connectivity index (χ0n) is 11.7. The van der Waals surface area contributed by atoms with Crippen molar-refractivity contribution in [3.05, 3.63) is 0 Å². The van der Waals surface area contributed by atoms with Crippen molar-refractivity contribution < 1.29 is 40.5 Å². The van der Waals surface area contributed by atoms with Crippen LogP contribution in [0.5, 0.6) is 0 Å². The Kier molecular flexibility index (Phi) is 17.2. The quantitative estimate of drug-likeness (QED) is 0.329. The minimum atomic E-state index is -0.0186. The van der Waals surface area contributed by atoms with E-state index in [-0.39, 0.29) is 37.0 Å². The third kappa shape index (κ3) is 14.5. The molecule has 0 aromatic heterocycles. The molecule has 0 saturated heterocycles. The Morgan fingerprint density at radius 1 is 1.00 bits per heavy atom. The number of ether oxygens (including phenoxy) is 1. The van der Waals surface area contributed by atoms with E-state index in [0.29, 0.717) is 13.0 Å². The summed E-state index contributed by atoms with van der Waals surface area (Å²) < 4.78 is 5.05. The topological polar surface area (TPSA) is 26.3 Å². The summed E-state index contributed by atoms with van der Waals surface area (Å²) in [5, 5.41) is 0. The molecule has 0 aliphatic rings. The Hall–Kier alpha value is 0.470. The van der Waals surface area contributed by atoms with Crippen LogP contribution in [0.25, 0.3) is 0 Å². The molecular formula is C12H25NaO2. The number of carbonyl (C=O) groups is 1. The van der Waals surface area contributed by atoms with Gasteiger partial charge in [0.1, 0.15) is 0 Å². The first kappa shape index (κ1) is 17.9.